The predicted octanol–water partition coefficient (Wildman–Crippen LogP) is -37.2. The van der Waals surface area contributed by atoms with Gasteiger partial charge in [0.1, 0.15) is 0 Å². The third-order valence-corrected chi connectivity index (χ3v) is 0. The van der Waals surface area contributed by atoms with Crippen molar-refractivity contribution in [1.29, 1.82) is 0 Å². The average Bonchev–Trinajstić information content (AvgIpc) is 0. The van der Waals surface area contributed by atoms with E-state index in [4.69, 9.17) is 0 Å². The van der Waals surface area contributed by atoms with Crippen LogP contribution in [0.3, 0.4) is 0 Å². The predicted molar refractivity (Wildman–Crippen MR) is 211 cm³/mol. The average molecular weight is 3060 g/mol. The standard InChI is InChI=1S/9K.41H2O.H3P.2Ti.10W/h;;;;;;;;;41*1H2;1H3;;;;;;;;;;;;. The Hall–Kier alpha value is 21.8. The van der Waals surface area contributed by atoms with Gasteiger partial charge in [-0.05, 0) is 0 Å². The van der Waals surface area contributed by atoms with E-state index in [1.165, 1.54) is 0 Å². The summed E-state index contributed by atoms with van der Waals surface area (Å²) in [6, 6.07) is 0. The van der Waals surface area contributed by atoms with Gasteiger partial charge >= 0.3 is 0 Å². The summed E-state index contributed by atoms with van der Waals surface area (Å²) in [6.07, 6.45) is 0. The summed E-state index contributed by atoms with van der Waals surface area (Å²) in [5, 5.41) is 0. The van der Waals surface area contributed by atoms with Crippen molar-refractivity contribution in [2.75, 3.05) is 0 Å². The third kappa shape index (κ3) is 1180. The maximum Gasteiger partial charge on any atom is 0 e. The molecule has 82 N–H and O–H groups in total. The van der Waals surface area contributed by atoms with Crippen LogP contribution in [0.25, 0.3) is 0 Å². The van der Waals surface area contributed by atoms with Crippen LogP contribution in [0.15, 0.2) is 0 Å². The molecule has 63 heteroatoms. The zero-order chi connectivity index (χ0) is 0. The second kappa shape index (κ2) is 1210. The molecule has 0 saturated heterocycles. The van der Waals surface area contributed by atoms with E-state index in [-0.39, 0.29) is 951 Å². The van der Waals surface area contributed by atoms with Crippen LogP contribution in [0.5, 0.6) is 0 Å². The topological polar surface area (TPSA) is 1290 Å². The molecular formula is H85K9O41PTi2W10. The molecule has 0 aliphatic rings. The molecule has 0 aromatic carbocycles. The van der Waals surface area contributed by atoms with Gasteiger partial charge in [-0.15, -0.1) is 0 Å². The summed E-state index contributed by atoms with van der Waals surface area (Å²) in [5.41, 5.74) is 0. The molecule has 1 atom stereocenters. The SMILES string of the molecule is O.O.O.O.O.O.O.O.O.O.O.O.O.O.O.O.O.O.O.O.O.O.O.O.O.O.O.O.O.O.O.O.O.O.O.O.O.O.O.O.O.P.[K].[K].[K].[K].[K].[K].[K].[K].[K].[Ti].[Ti].[W].[W].[W].[W].[W].[W].[W].[W].[W].[W]. The minimum atomic E-state index is 0. The molecule has 0 fully saturated rings. The first-order chi connectivity index (χ1) is 0. The van der Waals surface area contributed by atoms with Crippen molar-refractivity contribution in [2.24, 2.45) is 0 Å². The molecule has 9 radical (unpaired) electrons. The molecule has 0 bridgehead atoms. The third-order valence-electron chi connectivity index (χ3n) is 0. The van der Waals surface area contributed by atoms with Gasteiger partial charge in [-0.3, -0.25) is 0 Å². The molecule has 41 nitrogen and oxygen atoms in total. The molecule has 63 heavy (non-hydrogen) atoms. The maximum atomic E-state index is 0. The van der Waals surface area contributed by atoms with Gasteiger partial charge in [-0.1, -0.05) is 0 Å². The largest absolute Gasteiger partial charge is 0.412 e. The van der Waals surface area contributed by atoms with Crippen LogP contribution < -0.4 is 0 Å². The molecule has 0 heterocycles. The van der Waals surface area contributed by atoms with E-state index in [1.807, 2.05) is 0 Å². The molecule has 0 aromatic rings. The minimum Gasteiger partial charge on any atom is -0.412 e. The number of hydrogen-bond acceptors (Lipinski definition) is 0. The molecule has 0 saturated carbocycles. The smallest absolute Gasteiger partial charge is 0 e. The molecule has 0 spiro atoms. The van der Waals surface area contributed by atoms with E-state index in [0.717, 1.165) is 0 Å². The fourth-order valence-corrected chi connectivity index (χ4v) is 0. The summed E-state index contributed by atoms with van der Waals surface area (Å²) in [4.78, 5) is 0. The van der Waals surface area contributed by atoms with Crippen molar-refractivity contribution in [1.82, 2.24) is 0 Å². The van der Waals surface area contributed by atoms with Gasteiger partial charge in [-0.25, -0.2) is 0 Å². The van der Waals surface area contributed by atoms with Crippen LogP contribution in [0, 0.1) is 0 Å². The van der Waals surface area contributed by atoms with Crippen molar-refractivity contribution in [3.63, 3.8) is 0 Å². The molecule has 0 aromatic heterocycles. The summed E-state index contributed by atoms with van der Waals surface area (Å²) in [6.45, 7) is 0. The molecule has 1 unspecified atom stereocenters. The summed E-state index contributed by atoms with van der Waals surface area (Å²) < 4.78 is 0. The quantitative estimate of drug-likeness (QED) is 0.161. The van der Waals surface area contributed by atoms with Crippen molar-refractivity contribution < 1.29 is 479 Å². The second-order valence-corrected chi connectivity index (χ2v) is 0. The molecule has 0 rings (SSSR count). The van der Waals surface area contributed by atoms with E-state index in [2.05, 4.69) is 0 Å². The zero-order valence-corrected chi connectivity index (χ0v) is 97.3. The molecular weight excluding hydrogens is 2970 g/mol. The Balaban J connectivity index is 0. The van der Waals surface area contributed by atoms with Crippen LogP contribution in [0.4, 0.5) is 0 Å². The van der Waals surface area contributed by atoms with Crippen LogP contribution >= 0.6 is 9.90 Å². The first-order valence-corrected chi connectivity index (χ1v) is 0. The summed E-state index contributed by atoms with van der Waals surface area (Å²) >= 11 is 0. The Labute approximate surface area is 922 Å². The van der Waals surface area contributed by atoms with Crippen molar-refractivity contribution in [2.45, 2.75) is 0 Å². The van der Waals surface area contributed by atoms with E-state index in [1.54, 1.807) is 0 Å². The van der Waals surface area contributed by atoms with E-state index < -0.39 is 0 Å². The van der Waals surface area contributed by atoms with Crippen molar-refractivity contribution in [3.05, 3.63) is 0 Å². The first-order valence-electron chi connectivity index (χ1n) is 0. The Morgan fingerprint density at radius 2 is 0.0794 bits per heavy atom. The van der Waals surface area contributed by atoms with Gasteiger partial charge in [0.25, 0.3) is 0 Å². The molecule has 0 aliphatic heterocycles. The van der Waals surface area contributed by atoms with Crippen LogP contribution in [0.2, 0.25) is 0 Å². The summed E-state index contributed by atoms with van der Waals surface area (Å²) in [7, 11) is 0. The molecule has 413 valence electrons. The minimum absolute atomic E-state index is 0. The van der Waals surface area contributed by atoms with Gasteiger partial charge in [0.15, 0.2) is 0 Å². The summed E-state index contributed by atoms with van der Waals surface area (Å²) in [5.74, 6) is 0. The fraction of sp³-hybridized carbons (Fsp3) is 0. The van der Waals surface area contributed by atoms with Crippen molar-refractivity contribution in [3.8, 4) is 0 Å². The van der Waals surface area contributed by atoms with Crippen LogP contribution in [-0.2, 0) is 254 Å². The number of hydrogen-bond donors (Lipinski definition) is 0. The van der Waals surface area contributed by atoms with E-state index in [0.29, 0.717) is 0 Å². The zero-order valence-electron chi connectivity index (χ0n) is 35.3. The van der Waals surface area contributed by atoms with E-state index in [9.17, 15) is 0 Å². The second-order valence-electron chi connectivity index (χ2n) is 0. The van der Waals surface area contributed by atoms with Gasteiger partial charge in [0.05, 0.1) is 0 Å². The Bertz CT molecular complexity index is 93.2. The van der Waals surface area contributed by atoms with E-state index >= 15 is 0 Å². The Morgan fingerprint density at radius 1 is 0.0794 bits per heavy atom. The van der Waals surface area contributed by atoms with Crippen LogP contribution in [-0.4, -0.2) is 687 Å². The Morgan fingerprint density at radius 3 is 0.0794 bits per heavy atom. The Kier molecular flexibility index (Phi) is 24000. The number of rotatable bonds is 0. The molecule has 0 aliphatic carbocycles. The van der Waals surface area contributed by atoms with Gasteiger partial charge in [0.2, 0.25) is 0 Å². The van der Waals surface area contributed by atoms with Gasteiger partial charge in [0, 0.05) is 717 Å². The normalized spacial score (nSPS) is 0. The molecule has 0 amide bonds. The van der Waals surface area contributed by atoms with Crippen LogP contribution in [0.1, 0.15) is 0 Å². The van der Waals surface area contributed by atoms with Gasteiger partial charge in [-0.2, -0.15) is 9.90 Å². The van der Waals surface area contributed by atoms with Gasteiger partial charge < -0.3 is 225 Å². The van der Waals surface area contributed by atoms with Crippen molar-refractivity contribution >= 4 is 472 Å². The fourth-order valence-electron chi connectivity index (χ4n) is 0. The maximum absolute atomic E-state index is 0. The monoisotopic (exact) mass is 3060 g/mol. The first kappa shape index (κ1) is 1250.